The molecule has 3 aliphatic heterocycles. The molecule has 14 aromatic rings. The van der Waals surface area contributed by atoms with Gasteiger partial charge in [-0.1, -0.05) is 279 Å². The van der Waals surface area contributed by atoms with E-state index in [4.69, 9.17) is 4.74 Å². The van der Waals surface area contributed by atoms with Gasteiger partial charge in [-0.2, -0.15) is 10.4 Å². The van der Waals surface area contributed by atoms with Gasteiger partial charge in [-0.3, -0.25) is 0 Å². The molecule has 421 valence electrons. The van der Waals surface area contributed by atoms with Crippen LogP contribution in [0.5, 0.6) is 11.5 Å². The summed E-state index contributed by atoms with van der Waals surface area (Å²) in [4.78, 5) is 4.94. The predicted molar refractivity (Wildman–Crippen MR) is 372 cm³/mol. The second-order valence-corrected chi connectivity index (χ2v) is 28.3. The third-order valence-corrected chi connectivity index (χ3v) is 25.3. The Morgan fingerprint density at radius 3 is 0.822 bits per heavy atom. The van der Waals surface area contributed by atoms with E-state index in [-0.39, 0.29) is 0 Å². The lowest BCUT2D eigenvalue weighted by Gasteiger charge is -2.51. The Balaban J connectivity index is 0.706. The van der Waals surface area contributed by atoms with Crippen LogP contribution in [-0.2, 0) is 10.8 Å². The van der Waals surface area contributed by atoms with E-state index in [2.05, 4.69) is 350 Å². The summed E-state index contributed by atoms with van der Waals surface area (Å²) in [6, 6.07) is 127. The van der Waals surface area contributed by atoms with E-state index in [9.17, 15) is 0 Å². The van der Waals surface area contributed by atoms with Crippen LogP contribution in [0.2, 0.25) is 0 Å². The highest BCUT2D eigenvalue weighted by molar-refractivity contribution is 7.20. The van der Waals surface area contributed by atoms with Crippen LogP contribution in [0.4, 0.5) is 34.1 Å². The Bertz CT molecular complexity index is 4730. The van der Waals surface area contributed by atoms with Crippen molar-refractivity contribution >= 4 is 62.9 Å². The Kier molecular flexibility index (Phi) is 10.9. The lowest BCUT2D eigenvalue weighted by atomic mass is 9.64. The highest BCUT2D eigenvalue weighted by Gasteiger charge is 2.53. The minimum atomic E-state index is -2.98. The third-order valence-electron chi connectivity index (χ3n) is 20.4. The van der Waals surface area contributed by atoms with Crippen molar-refractivity contribution in [1.29, 1.82) is 0 Å². The molecular weight excluding hydrogens is 1110 g/mol. The predicted octanol–water partition coefficient (Wildman–Crippen LogP) is 18.8. The number of benzene rings is 14. The first kappa shape index (κ1) is 50.8. The van der Waals surface area contributed by atoms with Crippen LogP contribution in [-0.4, -0.2) is 8.07 Å². The molecule has 14 aromatic carbocycles. The Morgan fingerprint density at radius 1 is 0.233 bits per heavy atom. The monoisotopic (exact) mass is 1160 g/mol. The maximum absolute atomic E-state index is 7.40. The summed E-state index contributed by atoms with van der Waals surface area (Å²) in [5.74, 6) is 1.79. The fraction of sp³-hybridized carbons (Fsp3) is 0.0233. The Labute approximate surface area is 525 Å². The van der Waals surface area contributed by atoms with Crippen molar-refractivity contribution in [2.45, 2.75) is 10.8 Å². The molecule has 0 amide bonds. The normalized spacial score (nSPS) is 14.8. The van der Waals surface area contributed by atoms with E-state index in [0.717, 1.165) is 45.1 Å². The van der Waals surface area contributed by atoms with E-state index in [1.165, 1.54) is 110 Å². The van der Waals surface area contributed by atoms with Gasteiger partial charge in [0.25, 0.3) is 0 Å². The van der Waals surface area contributed by atoms with Crippen molar-refractivity contribution < 1.29 is 4.74 Å². The van der Waals surface area contributed by atoms with E-state index >= 15 is 0 Å². The molecule has 0 atom stereocenters. The largest absolute Gasteiger partial charge is 0.463 e. The number of ether oxygens (including phenoxy) is 1. The first-order valence-corrected chi connectivity index (χ1v) is 33.3. The third kappa shape index (κ3) is 6.77. The maximum atomic E-state index is 7.40. The summed E-state index contributed by atoms with van der Waals surface area (Å²) in [7, 11) is -2.98. The molecule has 3 nitrogen and oxygen atoms in total. The van der Waals surface area contributed by atoms with Crippen LogP contribution in [0.25, 0.3) is 44.5 Å². The van der Waals surface area contributed by atoms with E-state index < -0.39 is 18.9 Å². The van der Waals surface area contributed by atoms with Crippen LogP contribution >= 0.6 is 0 Å². The summed E-state index contributed by atoms with van der Waals surface area (Å²) < 4.78 is 7.40. The van der Waals surface area contributed by atoms with Gasteiger partial charge in [0.05, 0.1) is 45.1 Å². The van der Waals surface area contributed by atoms with Gasteiger partial charge in [-0.05, 0) is 158 Å². The first-order valence-electron chi connectivity index (χ1n) is 31.3. The highest BCUT2D eigenvalue weighted by atomic mass is 28.3. The van der Waals surface area contributed by atoms with Crippen molar-refractivity contribution in [3.63, 3.8) is 0 Å². The molecule has 0 N–H and O–H groups in total. The van der Waals surface area contributed by atoms with Gasteiger partial charge >= 0.3 is 0 Å². The van der Waals surface area contributed by atoms with Crippen molar-refractivity contribution in [1.82, 2.24) is 0 Å². The van der Waals surface area contributed by atoms with Crippen molar-refractivity contribution in [2.75, 3.05) is 9.80 Å². The van der Waals surface area contributed by atoms with Crippen LogP contribution < -0.4 is 35.3 Å². The average molecular weight is 1160 g/mol. The zero-order chi connectivity index (χ0) is 59.1. The van der Waals surface area contributed by atoms with Crippen molar-refractivity contribution in [3.05, 3.63) is 384 Å². The van der Waals surface area contributed by atoms with Gasteiger partial charge in [0.15, 0.2) is 0 Å². The molecule has 2 spiro atoms. The zero-order valence-corrected chi connectivity index (χ0v) is 50.1. The van der Waals surface area contributed by atoms with Gasteiger partial charge in [0.1, 0.15) is 0 Å². The summed E-state index contributed by atoms with van der Waals surface area (Å²) in [6.07, 6.45) is 0. The molecule has 90 heavy (non-hydrogen) atoms. The molecule has 0 aromatic heterocycles. The highest BCUT2D eigenvalue weighted by Crippen LogP contribution is 2.65. The van der Waals surface area contributed by atoms with Gasteiger partial charge in [-0.15, -0.1) is 10.4 Å². The second kappa shape index (κ2) is 19.3. The lowest BCUT2D eigenvalue weighted by molar-refractivity contribution is 0.487. The van der Waals surface area contributed by atoms with Crippen LogP contribution in [0.15, 0.2) is 340 Å². The number of para-hydroxylation sites is 4. The number of rotatable bonds is 6. The number of nitrogens with zero attached hydrogens (tertiary/aromatic N) is 2. The number of hydrogen-bond acceptors (Lipinski definition) is 3. The molecule has 5 aliphatic rings. The van der Waals surface area contributed by atoms with E-state index in [1.54, 1.807) is 0 Å². The van der Waals surface area contributed by atoms with Crippen LogP contribution in [0.3, 0.4) is 0 Å². The number of fused-ring (bicyclic) bond motifs is 20. The SMILES string of the molecule is c1ccc([Si-]2(c3ccccc3)c3ccc(-c4ccc(N5c6ccccc6C6(c7ccccc7-c7ccccc76)c6ccccc65)cc4)cc3Oc3cc(-c4ccc(N5c6ccccc6C6(c7ccccc7-c7ccccc76)c6ccccc65)cc4)ccc32)cc1. The summed E-state index contributed by atoms with van der Waals surface area (Å²) in [5, 5.41) is 5.11. The molecule has 0 bridgehead atoms. The fourth-order valence-electron chi connectivity index (χ4n) is 16.9. The molecule has 0 unspecified atom stereocenters. The van der Waals surface area contributed by atoms with E-state index in [0.29, 0.717) is 0 Å². The van der Waals surface area contributed by atoms with Crippen LogP contribution in [0, 0.1) is 0 Å². The van der Waals surface area contributed by atoms with Gasteiger partial charge in [0.2, 0.25) is 0 Å². The molecule has 2 aliphatic carbocycles. The van der Waals surface area contributed by atoms with Gasteiger partial charge in [-0.25, -0.2) is 0 Å². The number of anilines is 6. The zero-order valence-electron chi connectivity index (χ0n) is 49.1. The summed E-state index contributed by atoms with van der Waals surface area (Å²) in [5.41, 5.74) is 26.2. The minimum Gasteiger partial charge on any atom is -0.463 e. The molecule has 0 saturated carbocycles. The summed E-state index contributed by atoms with van der Waals surface area (Å²) >= 11 is 0. The van der Waals surface area contributed by atoms with Crippen molar-refractivity contribution in [2.24, 2.45) is 0 Å². The maximum Gasteiger partial charge on any atom is 0.0977 e. The molecule has 4 heteroatoms. The Hall–Kier alpha value is -11.3. The average Bonchev–Trinajstić information content (AvgIpc) is 1.45. The standard InChI is InChI=1S/C86H56N2OSi/c1-3-23-63(24-4-1)90(64-25-5-2-6-26-64)83-53-47-59(57-43-49-61(50-44-57)87-77-39-19-15-35-73(77)85(74-36-16-20-40-78(74)87)69-31-11-7-27-65(69)66-28-8-12-32-70(66)85)55-81(83)89-82-56-60(48-54-84(82)90)58-45-51-62(52-46-58)88-79-41-21-17-37-75(79)86(76-38-18-22-42-80(76)88)71-33-13-9-29-67(71)68-30-10-14-34-72(68)86/h1-56H/q-1. The van der Waals surface area contributed by atoms with E-state index in [1.807, 2.05) is 0 Å². The topological polar surface area (TPSA) is 15.7 Å². The second-order valence-electron chi connectivity index (χ2n) is 24.5. The molecule has 3 heterocycles. The quantitative estimate of drug-likeness (QED) is 0.154. The van der Waals surface area contributed by atoms with Gasteiger partial charge in [0, 0.05) is 11.4 Å². The molecule has 19 rings (SSSR count). The molecule has 0 radical (unpaired) electrons. The molecule has 0 saturated heterocycles. The number of hydrogen-bond donors (Lipinski definition) is 0. The fourth-order valence-corrected chi connectivity index (χ4v) is 21.8. The van der Waals surface area contributed by atoms with Gasteiger partial charge < -0.3 is 14.5 Å². The lowest BCUT2D eigenvalue weighted by Crippen LogP contribution is -2.76. The first-order chi connectivity index (χ1) is 44.6. The molecule has 0 fully saturated rings. The molecular formula is C86H56N2OSi-. The van der Waals surface area contributed by atoms with Crippen LogP contribution in [0.1, 0.15) is 44.5 Å². The Morgan fingerprint density at radius 2 is 0.500 bits per heavy atom. The van der Waals surface area contributed by atoms with Crippen molar-refractivity contribution in [3.8, 4) is 56.0 Å². The minimum absolute atomic E-state index is 0.460. The smallest absolute Gasteiger partial charge is 0.0977 e. The summed E-state index contributed by atoms with van der Waals surface area (Å²) in [6.45, 7) is 0.